The van der Waals surface area contributed by atoms with E-state index in [0.29, 0.717) is 5.69 Å². The number of halogens is 3. The molecule has 6 heteroatoms. The average Bonchev–Trinajstić information content (AvgIpc) is 2.82. The summed E-state index contributed by atoms with van der Waals surface area (Å²) in [6.07, 6.45) is -4.37. The van der Waals surface area contributed by atoms with Crippen molar-refractivity contribution in [1.82, 2.24) is 10.9 Å². The van der Waals surface area contributed by atoms with Gasteiger partial charge in [0.1, 0.15) is 0 Å². The molecule has 1 aromatic rings. The van der Waals surface area contributed by atoms with Crippen LogP contribution in [-0.2, 0) is 5.66 Å². The molecule has 0 aliphatic carbocycles. The average molecular weight is 203 g/mol. The first-order valence-electron chi connectivity index (χ1n) is 3.93. The maximum absolute atomic E-state index is 12.5. The highest BCUT2D eigenvalue weighted by Crippen LogP contribution is 2.42. The van der Waals surface area contributed by atoms with Crippen molar-refractivity contribution in [3.63, 3.8) is 0 Å². The molecule has 4 N–H and O–H groups in total. The molecule has 1 saturated heterocycles. The van der Waals surface area contributed by atoms with Gasteiger partial charge in [-0.2, -0.15) is 13.2 Å². The molecular formula is C8H8F3N3. The largest absolute Gasteiger partial charge is 0.426 e. The summed E-state index contributed by atoms with van der Waals surface area (Å²) in [4.78, 5) is 0. The van der Waals surface area contributed by atoms with Crippen LogP contribution in [0.5, 0.6) is 0 Å². The van der Waals surface area contributed by atoms with Crippen LogP contribution in [0.25, 0.3) is 0 Å². The Balaban J connectivity index is 2.41. The lowest BCUT2D eigenvalue weighted by Crippen LogP contribution is -2.34. The Morgan fingerprint density at radius 1 is 1.21 bits per heavy atom. The second-order valence-electron chi connectivity index (χ2n) is 3.12. The second kappa shape index (κ2) is 2.61. The van der Waals surface area contributed by atoms with Crippen LogP contribution in [0.15, 0.2) is 24.3 Å². The van der Waals surface area contributed by atoms with Gasteiger partial charge in [0.25, 0.3) is 0 Å². The third kappa shape index (κ3) is 1.23. The van der Waals surface area contributed by atoms with E-state index >= 15 is 0 Å². The number of anilines is 1. The third-order valence-corrected chi connectivity index (χ3v) is 2.12. The highest BCUT2D eigenvalue weighted by molar-refractivity contribution is 5.44. The Morgan fingerprint density at radius 3 is 2.29 bits per heavy atom. The van der Waals surface area contributed by atoms with Crippen LogP contribution in [0.4, 0.5) is 18.9 Å². The summed E-state index contributed by atoms with van der Waals surface area (Å²) in [6, 6.07) is 5.69. The summed E-state index contributed by atoms with van der Waals surface area (Å²) in [7, 11) is 0. The van der Waals surface area contributed by atoms with Crippen LogP contribution in [0, 0.1) is 0 Å². The molecule has 1 aliphatic heterocycles. The minimum absolute atomic E-state index is 0.0741. The smallest absolute Gasteiger partial charge is 0.399 e. The summed E-state index contributed by atoms with van der Waals surface area (Å²) in [5.41, 5.74) is 7.88. The minimum Gasteiger partial charge on any atom is -0.399 e. The molecule has 0 bridgehead atoms. The first-order valence-corrected chi connectivity index (χ1v) is 3.93. The molecule has 76 valence electrons. The van der Waals surface area contributed by atoms with E-state index in [0.717, 1.165) is 0 Å². The van der Waals surface area contributed by atoms with Crippen molar-refractivity contribution >= 4 is 5.69 Å². The number of nitrogens with two attached hydrogens (primary N) is 1. The lowest BCUT2D eigenvalue weighted by molar-refractivity contribution is -0.165. The van der Waals surface area contributed by atoms with Gasteiger partial charge in [-0.1, -0.05) is 12.1 Å². The van der Waals surface area contributed by atoms with Crippen LogP contribution < -0.4 is 16.6 Å². The van der Waals surface area contributed by atoms with Gasteiger partial charge in [0.2, 0.25) is 5.66 Å². The quantitative estimate of drug-likeness (QED) is 0.472. The summed E-state index contributed by atoms with van der Waals surface area (Å²) >= 11 is 0. The first-order chi connectivity index (χ1) is 6.46. The second-order valence-corrected chi connectivity index (χ2v) is 3.12. The molecule has 0 saturated carbocycles. The summed E-state index contributed by atoms with van der Waals surface area (Å²) in [6.45, 7) is 0. The highest BCUT2D eigenvalue weighted by Gasteiger charge is 2.65. The molecule has 0 amide bonds. The van der Waals surface area contributed by atoms with Gasteiger partial charge in [-0.15, -0.1) is 0 Å². The van der Waals surface area contributed by atoms with Gasteiger partial charge < -0.3 is 5.73 Å². The fraction of sp³-hybridized carbons (Fsp3) is 0.250. The first kappa shape index (κ1) is 9.29. The molecule has 0 unspecified atom stereocenters. The molecule has 0 spiro atoms. The molecule has 1 aliphatic rings. The molecule has 1 fully saturated rings. The molecule has 1 heterocycles. The fourth-order valence-electron chi connectivity index (χ4n) is 1.28. The van der Waals surface area contributed by atoms with Crippen LogP contribution in [0.2, 0.25) is 0 Å². The van der Waals surface area contributed by atoms with Crippen LogP contribution in [-0.4, -0.2) is 6.18 Å². The van der Waals surface area contributed by atoms with Gasteiger partial charge in [0.15, 0.2) is 0 Å². The van der Waals surface area contributed by atoms with Crippen molar-refractivity contribution < 1.29 is 13.2 Å². The van der Waals surface area contributed by atoms with Gasteiger partial charge in [-0.25, -0.2) is 10.9 Å². The number of hydrogen-bond acceptors (Lipinski definition) is 3. The number of hydrogen-bond donors (Lipinski definition) is 3. The maximum Gasteiger partial charge on any atom is 0.426 e. The van der Waals surface area contributed by atoms with E-state index in [-0.39, 0.29) is 5.56 Å². The molecule has 14 heavy (non-hydrogen) atoms. The van der Waals surface area contributed by atoms with Gasteiger partial charge in [-0.05, 0) is 12.1 Å². The molecule has 3 nitrogen and oxygen atoms in total. The van der Waals surface area contributed by atoms with Crippen molar-refractivity contribution in [3.05, 3.63) is 29.8 Å². The number of hydrazine groups is 1. The van der Waals surface area contributed by atoms with Crippen molar-refractivity contribution in [2.75, 3.05) is 5.73 Å². The van der Waals surface area contributed by atoms with E-state index in [1.165, 1.54) is 24.3 Å². The number of rotatable bonds is 1. The number of nitrogen functional groups attached to an aromatic ring is 1. The van der Waals surface area contributed by atoms with E-state index in [4.69, 9.17) is 5.73 Å². The van der Waals surface area contributed by atoms with Crippen LogP contribution >= 0.6 is 0 Å². The predicted octanol–water partition coefficient (Wildman–Crippen LogP) is 1.09. The van der Waals surface area contributed by atoms with Gasteiger partial charge in [0, 0.05) is 11.3 Å². The number of benzene rings is 1. The van der Waals surface area contributed by atoms with Gasteiger partial charge >= 0.3 is 6.18 Å². The minimum atomic E-state index is -4.37. The predicted molar refractivity (Wildman–Crippen MR) is 44.9 cm³/mol. The van der Waals surface area contributed by atoms with Crippen molar-refractivity contribution in [2.45, 2.75) is 11.8 Å². The lowest BCUT2D eigenvalue weighted by atomic mass is 10.0. The van der Waals surface area contributed by atoms with E-state index in [1.807, 2.05) is 0 Å². The maximum atomic E-state index is 12.5. The topological polar surface area (TPSA) is 69.9 Å². The Morgan fingerprint density at radius 2 is 1.86 bits per heavy atom. The Bertz CT molecular complexity index is 357. The molecular weight excluding hydrogens is 195 g/mol. The van der Waals surface area contributed by atoms with Gasteiger partial charge in [0.05, 0.1) is 0 Å². The zero-order chi connectivity index (χ0) is 10.4. The van der Waals surface area contributed by atoms with Crippen LogP contribution in [0.1, 0.15) is 5.56 Å². The lowest BCUT2D eigenvalue weighted by Gasteiger charge is -2.16. The molecule has 1 aromatic carbocycles. The zero-order valence-corrected chi connectivity index (χ0v) is 7.02. The molecule has 0 aromatic heterocycles. The van der Waals surface area contributed by atoms with Crippen LogP contribution in [0.3, 0.4) is 0 Å². The SMILES string of the molecule is Nc1cccc(C2(C(F)(F)F)NN2)c1. The normalized spacial score (nSPS) is 19.4. The number of alkyl halides is 3. The standard InChI is InChI=1S/C8H8F3N3/c9-8(10,11)7(13-14-7)5-2-1-3-6(12)4-5/h1-4,13-14H,12H2. The van der Waals surface area contributed by atoms with E-state index in [9.17, 15) is 13.2 Å². The van der Waals surface area contributed by atoms with Crippen molar-refractivity contribution in [2.24, 2.45) is 0 Å². The van der Waals surface area contributed by atoms with Gasteiger partial charge in [-0.3, -0.25) is 0 Å². The molecule has 0 atom stereocenters. The zero-order valence-electron chi connectivity index (χ0n) is 7.02. The monoisotopic (exact) mass is 203 g/mol. The van der Waals surface area contributed by atoms with E-state index in [2.05, 4.69) is 10.9 Å². The van der Waals surface area contributed by atoms with E-state index < -0.39 is 11.8 Å². The Kier molecular flexibility index (Phi) is 1.73. The fourth-order valence-corrected chi connectivity index (χ4v) is 1.28. The van der Waals surface area contributed by atoms with E-state index in [1.54, 1.807) is 0 Å². The third-order valence-electron chi connectivity index (χ3n) is 2.12. The Hall–Kier alpha value is -1.27. The molecule has 0 radical (unpaired) electrons. The highest BCUT2D eigenvalue weighted by atomic mass is 19.4. The Labute approximate surface area is 78.1 Å². The molecule has 2 rings (SSSR count). The summed E-state index contributed by atoms with van der Waals surface area (Å²) < 4.78 is 37.6. The number of nitrogens with one attached hydrogen (secondary N) is 2. The summed E-state index contributed by atoms with van der Waals surface area (Å²) in [5.74, 6) is 0. The van der Waals surface area contributed by atoms with Crippen molar-refractivity contribution in [1.29, 1.82) is 0 Å². The summed E-state index contributed by atoms with van der Waals surface area (Å²) in [5, 5.41) is 0. The van der Waals surface area contributed by atoms with Crippen molar-refractivity contribution in [3.8, 4) is 0 Å².